The number of carbonyl (C=O) groups is 1. The number of likely N-dealkylation sites (tertiary alicyclic amines) is 1. The van der Waals surface area contributed by atoms with Crippen LogP contribution >= 0.6 is 0 Å². The minimum atomic E-state index is -3.42. The fourth-order valence-corrected chi connectivity index (χ4v) is 5.39. The Kier molecular flexibility index (Phi) is 5.76. The number of nitrogens with one attached hydrogen (secondary N) is 2. The fourth-order valence-electron chi connectivity index (χ4n) is 3.87. The Labute approximate surface area is 150 Å². The molecule has 2 atom stereocenters. The highest BCUT2D eigenvalue weighted by atomic mass is 32.2. The van der Waals surface area contributed by atoms with Crippen molar-refractivity contribution < 1.29 is 18.1 Å². The summed E-state index contributed by atoms with van der Waals surface area (Å²) in [4.78, 5) is 14.1. The van der Waals surface area contributed by atoms with Crippen molar-refractivity contribution in [3.63, 3.8) is 0 Å². The molecular weight excluding hydrogens is 338 g/mol. The molecule has 1 aromatic carbocycles. The number of sulfonamides is 1. The molecule has 3 rings (SSSR count). The lowest BCUT2D eigenvalue weighted by atomic mass is 10.2. The van der Waals surface area contributed by atoms with Gasteiger partial charge >= 0.3 is 0 Å². The number of hydrogen-bond donors (Lipinski definition) is 2. The van der Waals surface area contributed by atoms with Crippen LogP contribution in [0.1, 0.15) is 43.0 Å². The van der Waals surface area contributed by atoms with Gasteiger partial charge in [0.2, 0.25) is 10.0 Å². The molecule has 0 saturated carbocycles. The van der Waals surface area contributed by atoms with Gasteiger partial charge in [0.1, 0.15) is 6.04 Å². The van der Waals surface area contributed by atoms with Crippen molar-refractivity contribution in [2.24, 2.45) is 0 Å². The van der Waals surface area contributed by atoms with E-state index in [0.29, 0.717) is 31.2 Å². The molecule has 0 radical (unpaired) electrons. The highest BCUT2D eigenvalue weighted by Gasteiger charge is 2.28. The molecule has 0 aromatic heterocycles. The first-order valence-corrected chi connectivity index (χ1v) is 10.7. The number of rotatable bonds is 6. The second-order valence-electron chi connectivity index (χ2n) is 6.95. The predicted molar refractivity (Wildman–Crippen MR) is 96.2 cm³/mol. The molecule has 7 heteroatoms. The van der Waals surface area contributed by atoms with Crippen molar-refractivity contribution in [2.75, 3.05) is 32.7 Å². The van der Waals surface area contributed by atoms with Crippen molar-refractivity contribution in [1.82, 2.24) is 9.62 Å². The summed E-state index contributed by atoms with van der Waals surface area (Å²) in [5.41, 5.74) is 0.511. The van der Waals surface area contributed by atoms with Crippen LogP contribution in [-0.2, 0) is 10.0 Å². The van der Waals surface area contributed by atoms with Gasteiger partial charge in [-0.15, -0.1) is 0 Å². The van der Waals surface area contributed by atoms with Crippen LogP contribution < -0.4 is 10.2 Å². The van der Waals surface area contributed by atoms with Crippen LogP contribution in [0.15, 0.2) is 29.2 Å². The van der Waals surface area contributed by atoms with Gasteiger partial charge in [-0.1, -0.05) is 0 Å². The average molecular weight is 367 g/mol. The van der Waals surface area contributed by atoms with Crippen molar-refractivity contribution >= 4 is 15.9 Å². The summed E-state index contributed by atoms with van der Waals surface area (Å²) in [6.45, 7) is 6.29. The van der Waals surface area contributed by atoms with E-state index in [1.54, 1.807) is 29.2 Å². The summed E-state index contributed by atoms with van der Waals surface area (Å²) in [6, 6.07) is 6.79. The molecule has 2 heterocycles. The standard InChI is InChI=1S/C18H27N3O3S/c1-2-20-11-5-6-16(20)14-19-18(22)15-7-9-17(10-8-15)25(23,24)21-12-3-4-13-21/h7-10,16H,2-6,11-14H2,1H3,(H,19,22)/p+1/t16-/m0/s1. The maximum absolute atomic E-state index is 12.5. The van der Waals surface area contributed by atoms with Crippen molar-refractivity contribution in [1.29, 1.82) is 0 Å². The minimum absolute atomic E-state index is 0.132. The number of carbonyl (C=O) groups excluding carboxylic acids is 1. The molecule has 1 amide bonds. The molecule has 138 valence electrons. The monoisotopic (exact) mass is 366 g/mol. The van der Waals surface area contributed by atoms with E-state index in [2.05, 4.69) is 12.2 Å². The first-order valence-electron chi connectivity index (χ1n) is 9.25. The third kappa shape index (κ3) is 4.04. The lowest BCUT2D eigenvalue weighted by molar-refractivity contribution is -0.909. The quantitative estimate of drug-likeness (QED) is 0.759. The topological polar surface area (TPSA) is 70.9 Å². The highest BCUT2D eigenvalue weighted by Crippen LogP contribution is 2.21. The molecule has 6 nitrogen and oxygen atoms in total. The van der Waals surface area contributed by atoms with Crippen LogP contribution in [0.5, 0.6) is 0 Å². The van der Waals surface area contributed by atoms with Crippen LogP contribution in [0.4, 0.5) is 0 Å². The Balaban J connectivity index is 1.61. The third-order valence-electron chi connectivity index (χ3n) is 5.41. The number of benzene rings is 1. The number of hydrogen-bond acceptors (Lipinski definition) is 3. The Bertz CT molecular complexity index is 697. The molecule has 2 saturated heterocycles. The van der Waals surface area contributed by atoms with E-state index in [-0.39, 0.29) is 10.8 Å². The molecule has 0 aliphatic carbocycles. The zero-order valence-corrected chi connectivity index (χ0v) is 15.6. The summed E-state index contributed by atoms with van der Waals surface area (Å²) in [5, 5.41) is 3.00. The van der Waals surface area contributed by atoms with Crippen molar-refractivity contribution in [3.8, 4) is 0 Å². The lowest BCUT2D eigenvalue weighted by Crippen LogP contribution is -3.14. The number of amides is 1. The van der Waals surface area contributed by atoms with Crippen LogP contribution in [0.25, 0.3) is 0 Å². The molecule has 2 fully saturated rings. The van der Waals surface area contributed by atoms with Crippen molar-refractivity contribution in [3.05, 3.63) is 29.8 Å². The van der Waals surface area contributed by atoms with Crippen LogP contribution in [-0.4, -0.2) is 57.4 Å². The van der Waals surface area contributed by atoms with E-state index in [1.807, 2.05) is 0 Å². The Morgan fingerprint density at radius 2 is 1.88 bits per heavy atom. The molecule has 2 N–H and O–H groups in total. The Morgan fingerprint density at radius 1 is 1.20 bits per heavy atom. The predicted octanol–water partition coefficient (Wildman–Crippen LogP) is 0.268. The van der Waals surface area contributed by atoms with Gasteiger partial charge in [0.25, 0.3) is 5.91 Å². The molecule has 1 aromatic rings. The van der Waals surface area contributed by atoms with Gasteiger partial charge in [-0.2, -0.15) is 4.31 Å². The SMILES string of the molecule is CC[NH+]1CCC[C@H]1CNC(=O)c1ccc(S(=O)(=O)N2CCCC2)cc1. The summed E-state index contributed by atoms with van der Waals surface area (Å²) in [5.74, 6) is -0.132. The summed E-state index contributed by atoms with van der Waals surface area (Å²) in [6.07, 6.45) is 4.19. The molecular formula is C18H28N3O3S+. The van der Waals surface area contributed by atoms with Crippen LogP contribution in [0.3, 0.4) is 0 Å². The number of likely N-dealkylation sites (N-methyl/N-ethyl adjacent to an activating group) is 1. The minimum Gasteiger partial charge on any atom is -0.346 e. The Morgan fingerprint density at radius 3 is 2.52 bits per heavy atom. The second-order valence-corrected chi connectivity index (χ2v) is 8.88. The zero-order valence-electron chi connectivity index (χ0n) is 14.8. The largest absolute Gasteiger partial charge is 0.346 e. The van der Waals surface area contributed by atoms with E-state index >= 15 is 0 Å². The van der Waals surface area contributed by atoms with Gasteiger partial charge in [0.15, 0.2) is 0 Å². The maximum Gasteiger partial charge on any atom is 0.251 e. The first kappa shape index (κ1) is 18.4. The average Bonchev–Trinajstić information content (AvgIpc) is 3.31. The first-order chi connectivity index (χ1) is 12.0. The van der Waals surface area contributed by atoms with Gasteiger partial charge in [-0.3, -0.25) is 4.79 Å². The van der Waals surface area contributed by atoms with E-state index in [1.165, 1.54) is 17.3 Å². The van der Waals surface area contributed by atoms with Gasteiger partial charge < -0.3 is 10.2 Å². The Hall–Kier alpha value is -1.44. The summed E-state index contributed by atoms with van der Waals surface area (Å²) < 4.78 is 26.5. The fraction of sp³-hybridized carbons (Fsp3) is 0.611. The number of nitrogens with zero attached hydrogens (tertiary/aromatic N) is 1. The van der Waals surface area contributed by atoms with E-state index in [4.69, 9.17) is 0 Å². The van der Waals surface area contributed by atoms with E-state index < -0.39 is 10.0 Å². The third-order valence-corrected chi connectivity index (χ3v) is 7.32. The second kappa shape index (κ2) is 7.85. The molecule has 2 aliphatic heterocycles. The van der Waals surface area contributed by atoms with Crippen molar-refractivity contribution in [2.45, 2.75) is 43.5 Å². The number of quaternary nitrogens is 1. The molecule has 0 spiro atoms. The zero-order chi connectivity index (χ0) is 17.9. The normalized spacial score (nSPS) is 24.5. The van der Waals surface area contributed by atoms with E-state index in [0.717, 1.165) is 25.8 Å². The molecule has 2 aliphatic rings. The maximum atomic E-state index is 12.5. The highest BCUT2D eigenvalue weighted by molar-refractivity contribution is 7.89. The van der Waals surface area contributed by atoms with E-state index in [9.17, 15) is 13.2 Å². The van der Waals surface area contributed by atoms with Gasteiger partial charge in [-0.05, 0) is 44.0 Å². The summed E-state index contributed by atoms with van der Waals surface area (Å²) in [7, 11) is -3.42. The lowest BCUT2D eigenvalue weighted by Gasteiger charge is -2.20. The molecule has 25 heavy (non-hydrogen) atoms. The van der Waals surface area contributed by atoms with Gasteiger partial charge in [0, 0.05) is 31.5 Å². The van der Waals surface area contributed by atoms with Gasteiger partial charge in [0.05, 0.1) is 24.5 Å². The smallest absolute Gasteiger partial charge is 0.251 e. The van der Waals surface area contributed by atoms with Crippen LogP contribution in [0.2, 0.25) is 0 Å². The van der Waals surface area contributed by atoms with Crippen LogP contribution in [0, 0.1) is 0 Å². The molecule has 1 unspecified atom stereocenters. The summed E-state index contributed by atoms with van der Waals surface area (Å²) >= 11 is 0. The van der Waals surface area contributed by atoms with Gasteiger partial charge in [-0.25, -0.2) is 8.42 Å². The molecule has 0 bridgehead atoms.